The van der Waals surface area contributed by atoms with Gasteiger partial charge in [-0.05, 0) is 12.8 Å². The molecule has 0 bridgehead atoms. The Morgan fingerprint density at radius 2 is 2.37 bits per heavy atom. The van der Waals surface area contributed by atoms with Crippen LogP contribution in [0.2, 0.25) is 0 Å². The van der Waals surface area contributed by atoms with Gasteiger partial charge in [0, 0.05) is 13.6 Å². The third kappa shape index (κ3) is 3.36. The molecule has 106 valence electrons. The number of hydrogen-bond donors (Lipinski definition) is 1. The minimum absolute atomic E-state index is 0.389. The first-order chi connectivity index (χ1) is 8.87. The average molecular weight is 277 g/mol. The number of nitrogens with one attached hydrogen (secondary N) is 1. The number of amides is 2. The van der Waals surface area contributed by atoms with E-state index in [4.69, 9.17) is 0 Å². The lowest BCUT2D eigenvalue weighted by atomic mass is 10.1. The molecule has 2 amide bonds. The van der Waals surface area contributed by atoms with Crippen LogP contribution in [0.1, 0.15) is 24.7 Å². The number of nitrogens with zero attached hydrogens (tertiary/aromatic N) is 4. The summed E-state index contributed by atoms with van der Waals surface area (Å²) in [6, 6.07) is -1.15. The molecule has 0 radical (unpaired) electrons. The molecule has 1 aromatic rings. The maximum absolute atomic E-state index is 12.2. The maximum Gasteiger partial charge on any atom is 0.406 e. The van der Waals surface area contributed by atoms with Gasteiger partial charge in [-0.1, -0.05) is 0 Å². The van der Waals surface area contributed by atoms with Crippen molar-refractivity contribution < 1.29 is 18.0 Å². The summed E-state index contributed by atoms with van der Waals surface area (Å²) in [7, 11) is 1.11. The summed E-state index contributed by atoms with van der Waals surface area (Å²) >= 11 is 0. The standard InChI is InChI=1S/C10H14F3N5O/c1-17(5-10(11,12)13)9(19)16-7-3-2-4-18-8(7)14-6-15-18/h6-7H,2-5H2,1H3,(H,16,19). The fourth-order valence-corrected chi connectivity index (χ4v) is 2.03. The number of urea groups is 1. The van der Waals surface area contributed by atoms with Gasteiger partial charge < -0.3 is 10.2 Å². The fourth-order valence-electron chi connectivity index (χ4n) is 2.03. The van der Waals surface area contributed by atoms with Gasteiger partial charge in [-0.2, -0.15) is 18.3 Å². The topological polar surface area (TPSA) is 63.1 Å². The molecule has 0 aromatic carbocycles. The molecule has 0 spiro atoms. The van der Waals surface area contributed by atoms with Crippen LogP contribution in [0.15, 0.2) is 6.33 Å². The second-order valence-electron chi connectivity index (χ2n) is 4.46. The predicted octanol–water partition coefficient (Wildman–Crippen LogP) is 1.32. The second-order valence-corrected chi connectivity index (χ2v) is 4.46. The normalized spacial score (nSPS) is 18.8. The van der Waals surface area contributed by atoms with Crippen LogP contribution in [0.4, 0.5) is 18.0 Å². The van der Waals surface area contributed by atoms with Crippen molar-refractivity contribution in [2.75, 3.05) is 13.6 Å². The van der Waals surface area contributed by atoms with Gasteiger partial charge in [-0.15, -0.1) is 0 Å². The lowest BCUT2D eigenvalue weighted by Gasteiger charge is -2.26. The summed E-state index contributed by atoms with van der Waals surface area (Å²) in [6.07, 6.45) is -1.59. The zero-order valence-electron chi connectivity index (χ0n) is 10.3. The number of aryl methyl sites for hydroxylation is 1. The summed E-state index contributed by atoms with van der Waals surface area (Å²) in [6.45, 7) is -0.571. The molecule has 0 aliphatic carbocycles. The lowest BCUT2D eigenvalue weighted by molar-refractivity contribution is -0.137. The summed E-state index contributed by atoms with van der Waals surface area (Å²) in [5.74, 6) is 0.583. The summed E-state index contributed by atoms with van der Waals surface area (Å²) in [4.78, 5) is 16.3. The molecule has 0 saturated carbocycles. The Balaban J connectivity index is 1.97. The van der Waals surface area contributed by atoms with E-state index in [2.05, 4.69) is 15.4 Å². The van der Waals surface area contributed by atoms with Crippen molar-refractivity contribution in [1.82, 2.24) is 25.0 Å². The average Bonchev–Trinajstić information content (AvgIpc) is 2.75. The van der Waals surface area contributed by atoms with Gasteiger partial charge in [-0.3, -0.25) is 0 Å². The van der Waals surface area contributed by atoms with Crippen LogP contribution in [0, 0.1) is 0 Å². The second kappa shape index (κ2) is 5.06. The summed E-state index contributed by atoms with van der Waals surface area (Å²) < 4.78 is 38.2. The molecule has 0 fully saturated rings. The SMILES string of the molecule is CN(CC(F)(F)F)C(=O)NC1CCCn2ncnc21. The van der Waals surface area contributed by atoms with Crippen LogP contribution in [-0.2, 0) is 6.54 Å². The van der Waals surface area contributed by atoms with Gasteiger partial charge in [0.25, 0.3) is 0 Å². The van der Waals surface area contributed by atoms with Crippen LogP contribution in [0.3, 0.4) is 0 Å². The number of alkyl halides is 3. The van der Waals surface area contributed by atoms with E-state index in [9.17, 15) is 18.0 Å². The van der Waals surface area contributed by atoms with Crippen LogP contribution >= 0.6 is 0 Å². The number of aromatic nitrogens is 3. The predicted molar refractivity (Wildman–Crippen MR) is 59.2 cm³/mol. The molecule has 19 heavy (non-hydrogen) atoms. The fraction of sp³-hybridized carbons (Fsp3) is 0.700. The van der Waals surface area contributed by atoms with Crippen molar-refractivity contribution in [1.29, 1.82) is 0 Å². The quantitative estimate of drug-likeness (QED) is 0.886. The van der Waals surface area contributed by atoms with Crippen LogP contribution in [-0.4, -0.2) is 45.5 Å². The number of hydrogen-bond acceptors (Lipinski definition) is 3. The van der Waals surface area contributed by atoms with Gasteiger partial charge in [0.05, 0.1) is 6.04 Å². The van der Waals surface area contributed by atoms with Gasteiger partial charge in [0.1, 0.15) is 18.7 Å². The summed E-state index contributed by atoms with van der Waals surface area (Å²) in [5, 5.41) is 6.53. The number of carbonyl (C=O) groups excluding carboxylic acids is 1. The van der Waals surface area contributed by atoms with E-state index in [1.165, 1.54) is 6.33 Å². The largest absolute Gasteiger partial charge is 0.406 e. The first-order valence-electron chi connectivity index (χ1n) is 5.83. The Morgan fingerprint density at radius 3 is 3.05 bits per heavy atom. The lowest BCUT2D eigenvalue weighted by Crippen LogP contribution is -2.44. The van der Waals surface area contributed by atoms with Crippen LogP contribution in [0.5, 0.6) is 0 Å². The molecular weight excluding hydrogens is 263 g/mol. The van der Waals surface area contributed by atoms with E-state index < -0.39 is 18.8 Å². The van der Waals surface area contributed by atoms with E-state index in [-0.39, 0.29) is 6.04 Å². The molecule has 9 heteroatoms. The number of rotatable bonds is 2. The molecule has 1 aliphatic rings. The van der Waals surface area contributed by atoms with Crippen molar-refractivity contribution in [3.63, 3.8) is 0 Å². The molecule has 1 aliphatic heterocycles. The van der Waals surface area contributed by atoms with Crippen molar-refractivity contribution in [3.8, 4) is 0 Å². The number of fused-ring (bicyclic) bond motifs is 1. The highest BCUT2D eigenvalue weighted by molar-refractivity contribution is 5.74. The highest BCUT2D eigenvalue weighted by atomic mass is 19.4. The van der Waals surface area contributed by atoms with Gasteiger partial charge in [-0.25, -0.2) is 14.5 Å². The zero-order valence-corrected chi connectivity index (χ0v) is 10.3. The molecule has 6 nitrogen and oxygen atoms in total. The van der Waals surface area contributed by atoms with Gasteiger partial charge in [0.15, 0.2) is 0 Å². The molecule has 2 rings (SSSR count). The molecule has 2 heterocycles. The molecule has 1 N–H and O–H groups in total. The first kappa shape index (κ1) is 13.6. The first-order valence-corrected chi connectivity index (χ1v) is 5.83. The molecular formula is C10H14F3N5O. The molecule has 1 aromatic heterocycles. The Bertz CT molecular complexity index is 458. The van der Waals surface area contributed by atoms with Crippen LogP contribution in [0.25, 0.3) is 0 Å². The highest BCUT2D eigenvalue weighted by Crippen LogP contribution is 2.22. The highest BCUT2D eigenvalue weighted by Gasteiger charge is 2.32. The van der Waals surface area contributed by atoms with Crippen molar-refractivity contribution in [2.45, 2.75) is 31.6 Å². The Labute approximate surface area is 107 Å². The minimum atomic E-state index is -4.40. The number of halogens is 3. The van der Waals surface area contributed by atoms with E-state index in [0.29, 0.717) is 23.7 Å². The molecule has 0 saturated heterocycles. The monoisotopic (exact) mass is 277 g/mol. The van der Waals surface area contributed by atoms with E-state index in [0.717, 1.165) is 13.5 Å². The van der Waals surface area contributed by atoms with Crippen LogP contribution < -0.4 is 5.32 Å². The van der Waals surface area contributed by atoms with Gasteiger partial charge >= 0.3 is 12.2 Å². The Kier molecular flexibility index (Phi) is 3.63. The summed E-state index contributed by atoms with van der Waals surface area (Å²) in [5.41, 5.74) is 0. The Morgan fingerprint density at radius 1 is 1.63 bits per heavy atom. The van der Waals surface area contributed by atoms with Crippen molar-refractivity contribution >= 4 is 6.03 Å². The molecule has 1 unspecified atom stereocenters. The van der Waals surface area contributed by atoms with E-state index in [1.807, 2.05) is 0 Å². The zero-order chi connectivity index (χ0) is 14.0. The Hall–Kier alpha value is -1.80. The van der Waals surface area contributed by atoms with E-state index >= 15 is 0 Å². The van der Waals surface area contributed by atoms with Gasteiger partial charge in [0.2, 0.25) is 0 Å². The number of carbonyl (C=O) groups is 1. The van der Waals surface area contributed by atoms with Crippen molar-refractivity contribution in [2.24, 2.45) is 0 Å². The maximum atomic E-state index is 12.2. The molecule has 1 atom stereocenters. The van der Waals surface area contributed by atoms with E-state index in [1.54, 1.807) is 4.68 Å². The smallest absolute Gasteiger partial charge is 0.328 e. The third-order valence-corrected chi connectivity index (χ3v) is 2.88. The van der Waals surface area contributed by atoms with Crippen molar-refractivity contribution in [3.05, 3.63) is 12.2 Å². The third-order valence-electron chi connectivity index (χ3n) is 2.88. The minimum Gasteiger partial charge on any atom is -0.328 e.